The summed E-state index contributed by atoms with van der Waals surface area (Å²) in [4.78, 5) is 4.66. The third kappa shape index (κ3) is 2.73. The molecule has 2 aliphatic carbocycles. The maximum Gasteiger partial charge on any atom is 0.157 e. The molecule has 2 atom stereocenters. The highest BCUT2D eigenvalue weighted by molar-refractivity contribution is 8.14. The zero-order chi connectivity index (χ0) is 11.0. The highest BCUT2D eigenvalue weighted by Crippen LogP contribution is 2.41. The summed E-state index contributed by atoms with van der Waals surface area (Å²) >= 11 is 2.01. The van der Waals surface area contributed by atoms with Gasteiger partial charge in [-0.1, -0.05) is 31.5 Å². The van der Waals surface area contributed by atoms with Crippen molar-refractivity contribution in [2.45, 2.75) is 56.7 Å². The highest BCUT2D eigenvalue weighted by atomic mass is 32.2. The first kappa shape index (κ1) is 10.9. The summed E-state index contributed by atoms with van der Waals surface area (Å²) in [5.74, 6) is 2.00. The average Bonchev–Trinajstić information content (AvgIpc) is 3.19. The van der Waals surface area contributed by atoms with Crippen molar-refractivity contribution in [3.8, 4) is 0 Å². The number of aliphatic imine (C=N–C) groups is 1. The molecule has 3 rings (SSSR count). The minimum absolute atomic E-state index is 0.678. The Hall–Kier alpha value is -0.180. The predicted molar refractivity (Wildman–Crippen MR) is 71.0 cm³/mol. The molecular formula is C13H22N2S. The van der Waals surface area contributed by atoms with E-state index in [0.717, 1.165) is 23.6 Å². The van der Waals surface area contributed by atoms with E-state index >= 15 is 0 Å². The van der Waals surface area contributed by atoms with Gasteiger partial charge in [0.25, 0.3) is 0 Å². The van der Waals surface area contributed by atoms with Crippen LogP contribution in [0, 0.1) is 11.8 Å². The molecule has 0 aromatic heterocycles. The van der Waals surface area contributed by atoms with Gasteiger partial charge in [0.2, 0.25) is 0 Å². The van der Waals surface area contributed by atoms with E-state index in [0.29, 0.717) is 6.04 Å². The molecule has 16 heavy (non-hydrogen) atoms. The molecule has 2 unspecified atom stereocenters. The maximum absolute atomic E-state index is 4.66. The number of hydrogen-bond acceptors (Lipinski definition) is 3. The van der Waals surface area contributed by atoms with Crippen molar-refractivity contribution in [3.05, 3.63) is 0 Å². The van der Waals surface area contributed by atoms with Crippen molar-refractivity contribution in [2.24, 2.45) is 16.8 Å². The molecule has 90 valence electrons. The second kappa shape index (κ2) is 4.59. The largest absolute Gasteiger partial charge is 0.362 e. The lowest BCUT2D eigenvalue weighted by Crippen LogP contribution is -2.32. The van der Waals surface area contributed by atoms with E-state index in [4.69, 9.17) is 0 Å². The van der Waals surface area contributed by atoms with Crippen LogP contribution in [0.25, 0.3) is 0 Å². The quantitative estimate of drug-likeness (QED) is 0.796. The van der Waals surface area contributed by atoms with Crippen LogP contribution in [0.5, 0.6) is 0 Å². The Balaban J connectivity index is 1.45. The second-order valence-electron chi connectivity index (χ2n) is 5.57. The van der Waals surface area contributed by atoms with Gasteiger partial charge >= 0.3 is 0 Å². The molecule has 0 aromatic carbocycles. The van der Waals surface area contributed by atoms with E-state index in [9.17, 15) is 0 Å². The van der Waals surface area contributed by atoms with Crippen molar-refractivity contribution in [3.63, 3.8) is 0 Å². The van der Waals surface area contributed by atoms with Crippen LogP contribution >= 0.6 is 11.8 Å². The topological polar surface area (TPSA) is 24.4 Å². The average molecular weight is 238 g/mol. The monoisotopic (exact) mass is 238 g/mol. The fraction of sp³-hybridized carbons (Fsp3) is 0.923. The summed E-state index contributed by atoms with van der Waals surface area (Å²) in [6, 6.07) is 0.678. The summed E-state index contributed by atoms with van der Waals surface area (Å²) in [5, 5.41) is 5.71. The van der Waals surface area contributed by atoms with Crippen LogP contribution in [0.15, 0.2) is 4.99 Å². The Kier molecular flexibility index (Phi) is 3.14. The molecule has 2 saturated carbocycles. The molecule has 0 bridgehead atoms. The first-order chi connectivity index (χ1) is 7.85. The van der Waals surface area contributed by atoms with E-state index in [1.807, 2.05) is 11.8 Å². The number of amidine groups is 1. The summed E-state index contributed by atoms with van der Waals surface area (Å²) in [6.07, 6.45) is 8.42. The van der Waals surface area contributed by atoms with E-state index in [1.54, 1.807) is 0 Å². The molecule has 0 saturated heterocycles. The molecule has 2 nitrogen and oxygen atoms in total. The number of rotatable bonds is 5. The van der Waals surface area contributed by atoms with Crippen molar-refractivity contribution in [1.29, 1.82) is 0 Å². The van der Waals surface area contributed by atoms with Gasteiger partial charge in [-0.15, -0.1) is 0 Å². The Morgan fingerprint density at radius 3 is 2.81 bits per heavy atom. The Morgan fingerprint density at radius 2 is 2.19 bits per heavy atom. The molecule has 0 spiro atoms. The first-order valence-electron chi connectivity index (χ1n) is 6.82. The molecule has 3 aliphatic rings. The van der Waals surface area contributed by atoms with Crippen LogP contribution in [0.2, 0.25) is 0 Å². The highest BCUT2D eigenvalue weighted by Gasteiger charge is 2.35. The van der Waals surface area contributed by atoms with Gasteiger partial charge in [0.05, 0.1) is 6.54 Å². The van der Waals surface area contributed by atoms with E-state index in [1.165, 1.54) is 43.7 Å². The lowest BCUT2D eigenvalue weighted by molar-refractivity contribution is 0.513. The number of hydrogen-bond donors (Lipinski definition) is 1. The van der Waals surface area contributed by atoms with Crippen LogP contribution in [0.1, 0.15) is 45.4 Å². The lowest BCUT2D eigenvalue weighted by Gasteiger charge is -2.17. The predicted octanol–water partition coefficient (Wildman–Crippen LogP) is 3.04. The molecule has 0 aromatic rings. The fourth-order valence-electron chi connectivity index (χ4n) is 2.44. The van der Waals surface area contributed by atoms with Gasteiger partial charge in [0, 0.05) is 11.3 Å². The lowest BCUT2D eigenvalue weighted by atomic mass is 10.1. The summed E-state index contributed by atoms with van der Waals surface area (Å²) < 4.78 is 0. The zero-order valence-electron chi connectivity index (χ0n) is 10.1. The van der Waals surface area contributed by atoms with Crippen LogP contribution in [-0.2, 0) is 0 Å². The molecule has 1 aliphatic heterocycles. The summed E-state index contributed by atoms with van der Waals surface area (Å²) in [6.45, 7) is 3.36. The minimum Gasteiger partial charge on any atom is -0.362 e. The number of nitrogens with zero attached hydrogens (tertiary/aromatic N) is 1. The van der Waals surface area contributed by atoms with Gasteiger partial charge in [-0.05, 0) is 37.5 Å². The van der Waals surface area contributed by atoms with E-state index in [-0.39, 0.29) is 0 Å². The smallest absolute Gasteiger partial charge is 0.157 e. The van der Waals surface area contributed by atoms with Crippen molar-refractivity contribution in [1.82, 2.24) is 5.32 Å². The van der Waals surface area contributed by atoms with E-state index in [2.05, 4.69) is 17.2 Å². The van der Waals surface area contributed by atoms with Crippen molar-refractivity contribution < 1.29 is 0 Å². The molecule has 1 heterocycles. The summed E-state index contributed by atoms with van der Waals surface area (Å²) in [7, 11) is 0. The Bertz CT molecular complexity index is 282. The second-order valence-corrected chi connectivity index (χ2v) is 6.80. The molecule has 0 radical (unpaired) electrons. The Morgan fingerprint density at radius 1 is 1.38 bits per heavy atom. The van der Waals surface area contributed by atoms with Crippen LogP contribution in [0.4, 0.5) is 0 Å². The third-order valence-corrected chi connectivity index (χ3v) is 5.27. The van der Waals surface area contributed by atoms with Gasteiger partial charge < -0.3 is 5.32 Å². The summed E-state index contributed by atoms with van der Waals surface area (Å²) in [5.41, 5.74) is 0. The third-order valence-electron chi connectivity index (χ3n) is 3.96. The Labute approximate surface area is 103 Å². The van der Waals surface area contributed by atoms with Gasteiger partial charge in [-0.25, -0.2) is 0 Å². The van der Waals surface area contributed by atoms with Gasteiger partial charge in [-0.2, -0.15) is 0 Å². The van der Waals surface area contributed by atoms with Crippen LogP contribution in [0.3, 0.4) is 0 Å². The maximum atomic E-state index is 4.66. The normalized spacial score (nSPS) is 31.3. The zero-order valence-corrected chi connectivity index (χ0v) is 10.9. The SMILES string of the molecule is CCC(CC1CC1)NC1=NCC(C2CC2)S1. The number of thioether (sulfide) groups is 1. The molecule has 3 heteroatoms. The molecule has 2 fully saturated rings. The molecule has 0 amide bonds. The van der Waals surface area contributed by atoms with Gasteiger partial charge in [0.1, 0.15) is 0 Å². The van der Waals surface area contributed by atoms with Gasteiger partial charge in [-0.3, -0.25) is 4.99 Å². The van der Waals surface area contributed by atoms with Gasteiger partial charge in [0.15, 0.2) is 5.17 Å². The first-order valence-corrected chi connectivity index (χ1v) is 7.70. The molecular weight excluding hydrogens is 216 g/mol. The number of nitrogens with one attached hydrogen (secondary N) is 1. The van der Waals surface area contributed by atoms with Crippen molar-refractivity contribution in [2.75, 3.05) is 6.54 Å². The van der Waals surface area contributed by atoms with Crippen LogP contribution in [-0.4, -0.2) is 23.0 Å². The minimum atomic E-state index is 0.678. The fourth-order valence-corrected chi connectivity index (χ4v) is 3.73. The molecule has 1 N–H and O–H groups in total. The van der Waals surface area contributed by atoms with Crippen LogP contribution < -0.4 is 5.32 Å². The van der Waals surface area contributed by atoms with E-state index < -0.39 is 0 Å². The standard InChI is InChI=1S/C13H22N2S/c1-2-11(7-9-3-4-9)15-13-14-8-12(16-13)10-5-6-10/h9-12H,2-8H2,1H3,(H,14,15). The van der Waals surface area contributed by atoms with Crippen molar-refractivity contribution >= 4 is 16.9 Å².